The summed E-state index contributed by atoms with van der Waals surface area (Å²) in [7, 11) is 0. The van der Waals surface area contributed by atoms with E-state index in [-0.39, 0.29) is 13.0 Å². The number of hydrogen-bond acceptors (Lipinski definition) is 4. The number of benzene rings is 1. The molecule has 2 rings (SSSR count). The zero-order chi connectivity index (χ0) is 16.5. The summed E-state index contributed by atoms with van der Waals surface area (Å²) < 4.78 is -0.480. The maximum Gasteiger partial charge on any atom is 0.408 e. The molecule has 0 saturated carbocycles. The van der Waals surface area contributed by atoms with Gasteiger partial charge < -0.3 is 16.6 Å². The fourth-order valence-corrected chi connectivity index (χ4v) is 4.17. The van der Waals surface area contributed by atoms with E-state index in [0.717, 1.165) is 26.0 Å². The van der Waals surface area contributed by atoms with Gasteiger partial charge in [0.25, 0.3) is 0 Å². The van der Waals surface area contributed by atoms with E-state index >= 15 is 0 Å². The third kappa shape index (κ3) is 3.05. The first-order chi connectivity index (χ1) is 10.3. The standard InChI is InChI=1S/C13H14BrN3O4S/c14-7-3-1-2-4-9(7)22-13(11(16)19)5-8(10(15)18)17(6-13)12(20)21/h1-4,8H,5-6H2,(H2,15,18)(H2,16,19)(H,20,21)/t8-,13+/m0/s1. The van der Waals surface area contributed by atoms with Crippen LogP contribution in [0.15, 0.2) is 33.6 Å². The van der Waals surface area contributed by atoms with Crippen LogP contribution in [0.2, 0.25) is 0 Å². The molecule has 1 aromatic rings. The summed E-state index contributed by atoms with van der Waals surface area (Å²) in [6, 6.07) is 6.11. The molecule has 3 amide bonds. The molecule has 9 heteroatoms. The van der Waals surface area contributed by atoms with Crippen LogP contribution in [-0.2, 0) is 9.59 Å². The lowest BCUT2D eigenvalue weighted by molar-refractivity contribution is -0.121. The number of nitrogens with two attached hydrogens (primary N) is 2. The van der Waals surface area contributed by atoms with Crippen LogP contribution in [0.25, 0.3) is 0 Å². The molecule has 0 bridgehead atoms. The SMILES string of the molecule is NC(=O)[C@@H]1C[C@](Sc2ccccc2Br)(C(N)=O)CN1C(=O)O. The minimum atomic E-state index is -1.31. The predicted molar refractivity (Wildman–Crippen MR) is 84.3 cm³/mol. The van der Waals surface area contributed by atoms with E-state index in [1.807, 2.05) is 6.07 Å². The summed E-state index contributed by atoms with van der Waals surface area (Å²) in [6.45, 7) is -0.183. The molecule has 1 heterocycles. The summed E-state index contributed by atoms with van der Waals surface area (Å²) in [5, 5.41) is 9.21. The molecule has 118 valence electrons. The number of amides is 3. The Kier molecular flexibility index (Phi) is 4.66. The van der Waals surface area contributed by atoms with Crippen LogP contribution in [0.5, 0.6) is 0 Å². The number of nitrogens with zero attached hydrogens (tertiary/aromatic N) is 1. The fourth-order valence-electron chi connectivity index (χ4n) is 2.37. The number of carbonyl (C=O) groups is 3. The van der Waals surface area contributed by atoms with Crippen LogP contribution in [0.3, 0.4) is 0 Å². The van der Waals surface area contributed by atoms with Crippen molar-refractivity contribution >= 4 is 45.6 Å². The maximum atomic E-state index is 12.0. The lowest BCUT2D eigenvalue weighted by atomic mass is 10.0. The van der Waals surface area contributed by atoms with Gasteiger partial charge in [-0.3, -0.25) is 14.5 Å². The van der Waals surface area contributed by atoms with Crippen LogP contribution in [0, 0.1) is 0 Å². The molecule has 7 nitrogen and oxygen atoms in total. The Labute approximate surface area is 139 Å². The Morgan fingerprint density at radius 3 is 2.41 bits per heavy atom. The Hall–Kier alpha value is -1.74. The third-order valence-corrected chi connectivity index (χ3v) is 5.91. The first kappa shape index (κ1) is 16.6. The number of rotatable bonds is 4. The Morgan fingerprint density at radius 1 is 1.32 bits per heavy atom. The van der Waals surface area contributed by atoms with Crippen molar-refractivity contribution in [2.75, 3.05) is 6.54 Å². The first-order valence-corrected chi connectivity index (χ1v) is 7.90. The molecular formula is C13H14BrN3O4S. The predicted octanol–water partition coefficient (Wildman–Crippen LogP) is 1.00. The van der Waals surface area contributed by atoms with E-state index in [4.69, 9.17) is 11.5 Å². The van der Waals surface area contributed by atoms with Crippen LogP contribution >= 0.6 is 27.7 Å². The molecule has 1 fully saturated rings. The van der Waals surface area contributed by atoms with E-state index in [1.165, 1.54) is 0 Å². The summed E-state index contributed by atoms with van der Waals surface area (Å²) in [4.78, 5) is 36.4. The van der Waals surface area contributed by atoms with E-state index < -0.39 is 28.7 Å². The summed E-state index contributed by atoms with van der Waals surface area (Å²) in [5.41, 5.74) is 10.8. The monoisotopic (exact) mass is 387 g/mol. The van der Waals surface area contributed by atoms with Gasteiger partial charge in [0.2, 0.25) is 11.8 Å². The molecule has 0 radical (unpaired) electrons. The van der Waals surface area contributed by atoms with Crippen LogP contribution < -0.4 is 11.5 Å². The smallest absolute Gasteiger partial charge is 0.408 e. The first-order valence-electron chi connectivity index (χ1n) is 6.29. The zero-order valence-electron chi connectivity index (χ0n) is 11.4. The van der Waals surface area contributed by atoms with Crippen molar-refractivity contribution in [2.24, 2.45) is 11.5 Å². The highest BCUT2D eigenvalue weighted by Crippen LogP contribution is 2.44. The number of halogens is 1. The Morgan fingerprint density at radius 2 is 1.95 bits per heavy atom. The highest BCUT2D eigenvalue weighted by molar-refractivity contribution is 9.10. The van der Waals surface area contributed by atoms with Crippen LogP contribution in [-0.4, -0.2) is 45.2 Å². The highest BCUT2D eigenvalue weighted by atomic mass is 79.9. The number of carboxylic acid groups (broad SMARTS) is 1. The van der Waals surface area contributed by atoms with Crippen LogP contribution in [0.4, 0.5) is 4.79 Å². The number of hydrogen-bond donors (Lipinski definition) is 3. The maximum absolute atomic E-state index is 12.0. The second-order valence-electron chi connectivity index (χ2n) is 4.92. The molecule has 0 aromatic heterocycles. The van der Waals surface area contributed by atoms with E-state index in [2.05, 4.69) is 15.9 Å². The number of thioether (sulfide) groups is 1. The van der Waals surface area contributed by atoms with Gasteiger partial charge in [-0.25, -0.2) is 4.79 Å². The van der Waals surface area contributed by atoms with Gasteiger partial charge in [0, 0.05) is 22.3 Å². The molecule has 1 aliphatic rings. The van der Waals surface area contributed by atoms with Crippen molar-refractivity contribution in [3.05, 3.63) is 28.7 Å². The summed E-state index contributed by atoms with van der Waals surface area (Å²) in [6.07, 6.45) is -1.35. The van der Waals surface area contributed by atoms with E-state index in [1.54, 1.807) is 18.2 Å². The zero-order valence-corrected chi connectivity index (χ0v) is 13.8. The third-order valence-electron chi connectivity index (χ3n) is 3.49. The summed E-state index contributed by atoms with van der Waals surface area (Å²) in [5.74, 6) is -1.47. The quantitative estimate of drug-likeness (QED) is 0.709. The average Bonchev–Trinajstić information content (AvgIpc) is 2.83. The molecule has 1 aliphatic heterocycles. The minimum Gasteiger partial charge on any atom is -0.465 e. The van der Waals surface area contributed by atoms with E-state index in [9.17, 15) is 19.5 Å². The molecule has 1 aromatic carbocycles. The number of likely N-dealkylation sites (tertiary alicyclic amines) is 1. The number of carbonyl (C=O) groups excluding carboxylic acids is 2. The Balaban J connectivity index is 2.38. The van der Waals surface area contributed by atoms with E-state index in [0.29, 0.717) is 0 Å². The topological polar surface area (TPSA) is 127 Å². The molecule has 1 saturated heterocycles. The minimum absolute atomic E-state index is 0.0457. The second-order valence-corrected chi connectivity index (χ2v) is 7.20. The molecule has 0 spiro atoms. The van der Waals surface area contributed by atoms with Crippen molar-refractivity contribution in [3.63, 3.8) is 0 Å². The molecular weight excluding hydrogens is 374 g/mol. The fraction of sp³-hybridized carbons (Fsp3) is 0.308. The molecule has 5 N–H and O–H groups in total. The van der Waals surface area contributed by atoms with Gasteiger partial charge in [-0.2, -0.15) is 0 Å². The largest absolute Gasteiger partial charge is 0.465 e. The second kappa shape index (κ2) is 6.17. The number of primary amides is 2. The van der Waals surface area contributed by atoms with Crippen molar-refractivity contribution in [3.8, 4) is 0 Å². The van der Waals surface area contributed by atoms with Crippen molar-refractivity contribution in [1.82, 2.24) is 4.90 Å². The molecule has 22 heavy (non-hydrogen) atoms. The van der Waals surface area contributed by atoms with Gasteiger partial charge in [-0.05, 0) is 28.1 Å². The van der Waals surface area contributed by atoms with Crippen molar-refractivity contribution in [2.45, 2.75) is 22.1 Å². The summed E-state index contributed by atoms with van der Waals surface area (Å²) >= 11 is 4.51. The molecule has 0 aliphatic carbocycles. The normalized spacial score (nSPS) is 24.2. The van der Waals surface area contributed by atoms with Gasteiger partial charge in [0.1, 0.15) is 10.8 Å². The highest BCUT2D eigenvalue weighted by Gasteiger charge is 2.53. The van der Waals surface area contributed by atoms with Crippen molar-refractivity contribution in [1.29, 1.82) is 0 Å². The van der Waals surface area contributed by atoms with Gasteiger partial charge in [0.15, 0.2) is 0 Å². The van der Waals surface area contributed by atoms with Crippen molar-refractivity contribution < 1.29 is 19.5 Å². The lowest BCUT2D eigenvalue weighted by Crippen LogP contribution is -2.44. The average molecular weight is 388 g/mol. The molecule has 0 unspecified atom stereocenters. The van der Waals surface area contributed by atoms with Gasteiger partial charge in [0.05, 0.1) is 0 Å². The Bertz CT molecular complexity index is 617. The lowest BCUT2D eigenvalue weighted by Gasteiger charge is -2.24. The van der Waals surface area contributed by atoms with Gasteiger partial charge >= 0.3 is 6.09 Å². The van der Waals surface area contributed by atoms with Gasteiger partial charge in [-0.15, -0.1) is 11.8 Å². The van der Waals surface area contributed by atoms with Gasteiger partial charge in [-0.1, -0.05) is 12.1 Å². The van der Waals surface area contributed by atoms with Crippen LogP contribution in [0.1, 0.15) is 6.42 Å². The molecule has 2 atom stereocenters.